The fourth-order valence-corrected chi connectivity index (χ4v) is 13.4. The highest BCUT2D eigenvalue weighted by atomic mass is 32.1. The molecule has 0 bridgehead atoms. The molecule has 3 aliphatic rings. The van der Waals surface area contributed by atoms with E-state index >= 15 is 4.79 Å². The molecule has 3 heterocycles. The fraction of sp³-hybridized carbons (Fsp3) is 0.597. The number of thiazole rings is 1. The number of nitrogens with zero attached hydrogens (tertiary/aromatic N) is 4. The molecule has 2 aliphatic heterocycles. The van der Waals surface area contributed by atoms with Crippen LogP contribution in [0, 0.1) is 29.1 Å². The molecule has 2 aromatic carbocycles. The number of nitrogens with one attached hydrogen (secondary N) is 8. The number of ether oxygens (including phenoxy) is 3. The second kappa shape index (κ2) is 44.3. The number of carbonyl (C=O) groups excluding carboxylic acids is 9. The Balaban J connectivity index is 0.860. The van der Waals surface area contributed by atoms with Crippen molar-refractivity contribution in [3.63, 3.8) is 0 Å². The quantitative estimate of drug-likeness (QED) is 0.0160. The summed E-state index contributed by atoms with van der Waals surface area (Å²) in [5, 5.41) is 34.7. The minimum Gasteiger partial charge on any atom is -0.481 e. The molecule has 0 saturated carbocycles. The van der Waals surface area contributed by atoms with E-state index < -0.39 is 78.2 Å². The summed E-state index contributed by atoms with van der Waals surface area (Å²) in [4.78, 5) is 141. The van der Waals surface area contributed by atoms with Crippen LogP contribution in [0.5, 0.6) is 0 Å². The lowest BCUT2D eigenvalue weighted by Crippen LogP contribution is -2.57. The molecule has 27 heteroatoms. The van der Waals surface area contributed by atoms with E-state index in [9.17, 15) is 48.3 Å². The second-order valence-electron chi connectivity index (χ2n) is 28.0. The normalized spacial score (nSPS) is 15.8. The topological polar surface area (TPSA) is 337 Å². The van der Waals surface area contributed by atoms with Crippen LogP contribution in [0.1, 0.15) is 178 Å². The highest BCUT2D eigenvalue weighted by Gasteiger charge is 2.38. The molecule has 0 spiro atoms. The van der Waals surface area contributed by atoms with Gasteiger partial charge in [0.2, 0.25) is 41.4 Å². The molecular formula is C77H112N12O14S. The lowest BCUT2D eigenvalue weighted by Gasteiger charge is -2.40. The Morgan fingerprint density at radius 1 is 0.788 bits per heavy atom. The Morgan fingerprint density at radius 2 is 1.45 bits per heavy atom. The number of rotatable bonds is 45. The van der Waals surface area contributed by atoms with Crippen LogP contribution >= 0.6 is 11.3 Å². The first-order valence-electron chi connectivity index (χ1n) is 36.9. The van der Waals surface area contributed by atoms with Crippen molar-refractivity contribution >= 4 is 81.9 Å². The number of allylic oxidation sites excluding steroid dienone is 2. The number of amides is 8. The number of aromatic nitrogens is 1. The van der Waals surface area contributed by atoms with Crippen molar-refractivity contribution in [3.8, 4) is 11.8 Å². The lowest BCUT2D eigenvalue weighted by molar-refractivity contribution is -0.149. The van der Waals surface area contributed by atoms with E-state index in [1.807, 2.05) is 47.4 Å². The smallest absolute Gasteiger partial charge is 0.309 e. The van der Waals surface area contributed by atoms with Gasteiger partial charge in [0.15, 0.2) is 6.10 Å². The van der Waals surface area contributed by atoms with Gasteiger partial charge in [0.25, 0.3) is 5.91 Å². The molecule has 1 unspecified atom stereocenters. The Morgan fingerprint density at radius 3 is 2.10 bits per heavy atom. The van der Waals surface area contributed by atoms with E-state index in [0.29, 0.717) is 42.1 Å². The van der Waals surface area contributed by atoms with Crippen molar-refractivity contribution in [2.24, 2.45) is 17.3 Å². The van der Waals surface area contributed by atoms with Crippen LogP contribution in [0.2, 0.25) is 0 Å². The van der Waals surface area contributed by atoms with E-state index in [1.54, 1.807) is 36.3 Å². The van der Waals surface area contributed by atoms with Crippen LogP contribution in [0.25, 0.3) is 0 Å². The molecule has 570 valence electrons. The molecule has 1 aliphatic carbocycles. The number of likely N-dealkylation sites (N-methyl/N-ethyl adjacent to an activating group) is 1. The monoisotopic (exact) mass is 1460 g/mol. The number of likely N-dealkylation sites (tertiary alicyclic amines) is 1. The van der Waals surface area contributed by atoms with Crippen molar-refractivity contribution in [2.75, 3.05) is 109 Å². The number of fused-ring (bicyclic) bond motifs is 1. The highest BCUT2D eigenvalue weighted by molar-refractivity contribution is 7.09. The number of anilines is 2. The first kappa shape index (κ1) is 84.4. The summed E-state index contributed by atoms with van der Waals surface area (Å²) in [5.74, 6) is 1.70. The van der Waals surface area contributed by atoms with E-state index in [1.165, 1.54) is 24.7 Å². The van der Waals surface area contributed by atoms with Crippen molar-refractivity contribution in [2.45, 2.75) is 182 Å². The molecule has 6 atom stereocenters. The van der Waals surface area contributed by atoms with Crippen molar-refractivity contribution in [3.05, 3.63) is 99.0 Å². The maximum absolute atomic E-state index is 15.1. The van der Waals surface area contributed by atoms with Crippen molar-refractivity contribution in [1.29, 1.82) is 0 Å². The van der Waals surface area contributed by atoms with Crippen LogP contribution < -0.4 is 47.4 Å². The maximum Gasteiger partial charge on any atom is 0.309 e. The summed E-state index contributed by atoms with van der Waals surface area (Å²) in [6, 6.07) is 13.6. The van der Waals surface area contributed by atoms with Gasteiger partial charge in [-0.2, -0.15) is 0 Å². The number of para-hydroxylation sites is 1. The molecule has 3 aromatic rings. The average molecular weight is 1460 g/mol. The van der Waals surface area contributed by atoms with E-state index in [-0.39, 0.29) is 126 Å². The van der Waals surface area contributed by atoms with Gasteiger partial charge in [-0.3, -0.25) is 47.9 Å². The Bertz CT molecular complexity index is 3470. The first-order valence-corrected chi connectivity index (χ1v) is 37.8. The largest absolute Gasteiger partial charge is 0.481 e. The van der Waals surface area contributed by atoms with Crippen LogP contribution in [-0.2, 0) is 63.8 Å². The minimum atomic E-state index is -1.21. The van der Waals surface area contributed by atoms with E-state index in [2.05, 4.69) is 107 Å². The van der Waals surface area contributed by atoms with Crippen LogP contribution in [0.15, 0.2) is 77.2 Å². The second-order valence-corrected chi connectivity index (χ2v) is 28.9. The summed E-state index contributed by atoms with van der Waals surface area (Å²) < 4.78 is 17.1. The molecule has 1 fully saturated rings. The Hall–Kier alpha value is -8.55. The molecule has 8 amide bonds. The predicted molar refractivity (Wildman–Crippen MR) is 400 cm³/mol. The van der Waals surface area contributed by atoms with Crippen molar-refractivity contribution in [1.82, 2.24) is 52.0 Å². The molecule has 9 N–H and O–H groups in total. The number of benzene rings is 2. The van der Waals surface area contributed by atoms with Gasteiger partial charge in [-0.1, -0.05) is 115 Å². The number of hydrogen-bond donors (Lipinski definition) is 9. The van der Waals surface area contributed by atoms with Gasteiger partial charge in [0.05, 0.1) is 76.3 Å². The zero-order valence-corrected chi connectivity index (χ0v) is 63.2. The van der Waals surface area contributed by atoms with Crippen molar-refractivity contribution < 1.29 is 67.3 Å². The number of carboxylic acids is 1. The summed E-state index contributed by atoms with van der Waals surface area (Å²) in [6.45, 7) is 17.7. The zero-order valence-electron chi connectivity index (χ0n) is 62.3. The lowest BCUT2D eigenvalue weighted by atomic mass is 9.84. The Kier molecular flexibility index (Phi) is 35.9. The van der Waals surface area contributed by atoms with Gasteiger partial charge in [-0.25, -0.2) is 4.98 Å². The third-order valence-electron chi connectivity index (χ3n) is 18.9. The number of esters is 1. The van der Waals surface area contributed by atoms with Crippen LogP contribution in [0.3, 0.4) is 0 Å². The number of carbonyl (C=O) groups is 10. The van der Waals surface area contributed by atoms with Gasteiger partial charge in [0.1, 0.15) is 10.7 Å². The standard InChI is InChI=1S/C77H112N12O14S/c1-10-12-13-19-37-88(75(98)72(53(5)11-2)84-45-61-24-18-20-36-87(61)9)64(52(3)4)43-65(103-54(6)90)74-86-62(51-104-74)73(97)85-60(44-77(7,8)76(99)100)42-55-26-30-59(31-27-55)80-46-67(92)78-34-38-101-40-41-102-39-35-79-68(93)47-82-70(95)49-83-69(94)48-81-66(91)32-33-71(96)89-50-58-23-15-14-21-56(58)28-29-57-22-16-17-25-63(57)89/h15-17,22-23,25-27,30-31,51-53,60-61,64-65,72,80,84H,10-14,18-21,24,32-50H2,1-9H3,(H,78,92)(H,79,93)(H,81,91)(H,82,95)(H,83,94)(H,85,97)(H,99,100)/t53-,60-,61?,64+,65+,72-/m0/s1. The predicted octanol–water partition coefficient (Wildman–Crippen LogP) is 6.75. The molecule has 1 aromatic heterocycles. The fourth-order valence-electron chi connectivity index (χ4n) is 12.6. The molecule has 1 saturated heterocycles. The molecule has 104 heavy (non-hydrogen) atoms. The third-order valence-corrected chi connectivity index (χ3v) is 19.8. The van der Waals surface area contributed by atoms with Gasteiger partial charge in [0, 0.05) is 92.7 Å². The average Bonchev–Trinajstić information content (AvgIpc) is 1.01. The molecule has 0 radical (unpaired) electrons. The van der Waals surface area contributed by atoms with Gasteiger partial charge in [-0.15, -0.1) is 11.3 Å². The summed E-state index contributed by atoms with van der Waals surface area (Å²) in [7, 11) is 2.15. The third kappa shape index (κ3) is 28.8. The summed E-state index contributed by atoms with van der Waals surface area (Å²) in [6.07, 6.45) is 13.4. The highest BCUT2D eigenvalue weighted by Crippen LogP contribution is 2.34. The van der Waals surface area contributed by atoms with Crippen LogP contribution in [0.4, 0.5) is 11.4 Å². The molecular weight excluding hydrogens is 1350 g/mol. The first-order chi connectivity index (χ1) is 49.8. The minimum absolute atomic E-state index is 0.0216. The maximum atomic E-state index is 15.1. The van der Waals surface area contributed by atoms with Gasteiger partial charge < -0.3 is 76.6 Å². The molecule has 26 nitrogen and oxygen atoms in total. The van der Waals surface area contributed by atoms with Gasteiger partial charge in [-0.05, 0) is 120 Å². The number of aliphatic carboxylic acids is 1. The zero-order chi connectivity index (χ0) is 75.6. The summed E-state index contributed by atoms with van der Waals surface area (Å²) >= 11 is 1.19. The molecule has 6 rings (SSSR count). The van der Waals surface area contributed by atoms with Gasteiger partial charge >= 0.3 is 11.9 Å². The SMILES string of the molecule is CCCCCCN(C(=O)[C@@H](NCC1CCCCN1C)[C@@H](C)CC)[C@H](C[C@@H](OC(C)=O)c1nc(C(=O)N[C@@H](Cc2ccc(NCC(=O)NCCOCCOCCNC(=O)CNC(=O)CNC(=O)CNC(=O)CCC(=O)N3CC4=C(C#Cc5ccccc53)CCC=C4)cc2)CC(C)(C)C(=O)O)cs1)C(C)C. The number of unbranched alkanes of at least 4 members (excludes halogenated alkanes) is 3. The van der Waals surface area contributed by atoms with E-state index in [4.69, 9.17) is 19.2 Å². The number of piperidine rings is 1. The van der Waals surface area contributed by atoms with E-state index in [0.717, 1.165) is 86.6 Å². The number of carboxylic acid groups (broad SMARTS) is 1. The van der Waals surface area contributed by atoms with Crippen LogP contribution in [-0.4, -0.2) is 202 Å². The summed E-state index contributed by atoms with van der Waals surface area (Å²) in [5.41, 5.74) is 3.69. The number of hydrogen-bond acceptors (Lipinski definition) is 18. The Labute approximate surface area is 617 Å².